The van der Waals surface area contributed by atoms with Crippen molar-refractivity contribution in [2.45, 2.75) is 33.2 Å². The highest BCUT2D eigenvalue weighted by Gasteiger charge is 2.23. The van der Waals surface area contributed by atoms with Gasteiger partial charge >= 0.3 is 0 Å². The number of halogens is 1. The van der Waals surface area contributed by atoms with E-state index in [2.05, 4.69) is 46.5 Å². The van der Waals surface area contributed by atoms with E-state index < -0.39 is 0 Å². The molecule has 0 amide bonds. The summed E-state index contributed by atoms with van der Waals surface area (Å²) in [6.45, 7) is 12.3. The lowest BCUT2D eigenvalue weighted by Crippen LogP contribution is -2.51. The van der Waals surface area contributed by atoms with Crippen molar-refractivity contribution < 1.29 is 4.79 Å². The Bertz CT molecular complexity index is 232. The van der Waals surface area contributed by atoms with Gasteiger partial charge in [-0.25, -0.2) is 0 Å². The molecule has 100 valence electrons. The highest BCUT2D eigenvalue weighted by atomic mass is 79.9. The fourth-order valence-electron chi connectivity index (χ4n) is 2.03. The fraction of sp³-hybridized carbons (Fsp3) is 0.923. The molecule has 0 N–H and O–H groups in total. The minimum Gasteiger partial charge on any atom is -0.302 e. The van der Waals surface area contributed by atoms with Crippen molar-refractivity contribution in [3.05, 3.63) is 0 Å². The number of rotatable bonds is 5. The van der Waals surface area contributed by atoms with E-state index in [9.17, 15) is 4.79 Å². The Kier molecular flexibility index (Phi) is 6.10. The maximum absolute atomic E-state index is 10.9. The summed E-state index contributed by atoms with van der Waals surface area (Å²) in [5, 5.41) is 0.749. The quantitative estimate of drug-likeness (QED) is 0.573. The van der Waals surface area contributed by atoms with Gasteiger partial charge in [-0.05, 0) is 18.4 Å². The molecule has 0 aliphatic carbocycles. The van der Waals surface area contributed by atoms with Crippen LogP contribution >= 0.6 is 15.9 Å². The zero-order valence-electron chi connectivity index (χ0n) is 11.3. The number of hydrogen-bond donors (Lipinski definition) is 0. The summed E-state index contributed by atoms with van der Waals surface area (Å²) in [5.41, 5.74) is 0.415. The Hall–Kier alpha value is 0.0700. The third-order valence-electron chi connectivity index (χ3n) is 3.37. The lowest BCUT2D eigenvalue weighted by molar-refractivity contribution is -0.112. The van der Waals surface area contributed by atoms with Crippen LogP contribution in [0, 0.1) is 5.41 Å². The largest absolute Gasteiger partial charge is 0.302 e. The molecule has 0 spiro atoms. The van der Waals surface area contributed by atoms with Crippen LogP contribution in [0.3, 0.4) is 0 Å². The summed E-state index contributed by atoms with van der Waals surface area (Å²) in [5.74, 6) is 0. The molecule has 0 aromatic heterocycles. The summed E-state index contributed by atoms with van der Waals surface area (Å²) < 4.78 is 0. The maximum Gasteiger partial charge on any atom is 0.137 e. The zero-order valence-corrected chi connectivity index (χ0v) is 12.9. The van der Waals surface area contributed by atoms with Gasteiger partial charge in [0.25, 0.3) is 0 Å². The third kappa shape index (κ3) is 5.49. The SMILES string of the molecule is CC(C)(C)CCN1CCN(C(C=O)CBr)CC1. The van der Waals surface area contributed by atoms with Crippen LogP contribution < -0.4 is 0 Å². The first-order valence-corrected chi connectivity index (χ1v) is 7.56. The monoisotopic (exact) mass is 304 g/mol. The summed E-state index contributed by atoms with van der Waals surface area (Å²) in [7, 11) is 0. The molecule has 1 rings (SSSR count). The number of nitrogens with zero attached hydrogens (tertiary/aromatic N) is 2. The van der Waals surface area contributed by atoms with Crippen LogP contribution in [-0.4, -0.2) is 60.2 Å². The summed E-state index contributed by atoms with van der Waals surface area (Å²) >= 11 is 3.40. The molecule has 4 heteroatoms. The van der Waals surface area contributed by atoms with Crippen molar-refractivity contribution >= 4 is 22.2 Å². The van der Waals surface area contributed by atoms with E-state index in [4.69, 9.17) is 0 Å². The summed E-state index contributed by atoms with van der Waals surface area (Å²) in [6.07, 6.45) is 2.29. The average molecular weight is 305 g/mol. The Labute approximate surface area is 114 Å². The third-order valence-corrected chi connectivity index (χ3v) is 4.03. The molecule has 17 heavy (non-hydrogen) atoms. The van der Waals surface area contributed by atoms with E-state index in [1.807, 2.05) is 0 Å². The molecule has 1 unspecified atom stereocenters. The van der Waals surface area contributed by atoms with Crippen molar-refractivity contribution in [3.8, 4) is 0 Å². The van der Waals surface area contributed by atoms with Crippen molar-refractivity contribution in [1.82, 2.24) is 9.80 Å². The van der Waals surface area contributed by atoms with Gasteiger partial charge in [-0.15, -0.1) is 0 Å². The highest BCUT2D eigenvalue weighted by Crippen LogP contribution is 2.19. The summed E-state index contributed by atoms with van der Waals surface area (Å²) in [4.78, 5) is 15.7. The van der Waals surface area contributed by atoms with E-state index in [0.29, 0.717) is 5.41 Å². The molecule has 0 aromatic rings. The molecule has 1 saturated heterocycles. The fourth-order valence-corrected chi connectivity index (χ4v) is 2.59. The normalized spacial score (nSPS) is 21.4. The second-order valence-electron chi connectivity index (χ2n) is 6.05. The van der Waals surface area contributed by atoms with E-state index in [1.54, 1.807) is 0 Å². The zero-order chi connectivity index (χ0) is 12.9. The number of carbonyl (C=O) groups excluding carboxylic acids is 1. The van der Waals surface area contributed by atoms with Crippen LogP contribution in [0.2, 0.25) is 0 Å². The molecule has 1 aliphatic heterocycles. The molecular weight excluding hydrogens is 280 g/mol. The Morgan fingerprint density at radius 1 is 1.24 bits per heavy atom. The molecule has 3 nitrogen and oxygen atoms in total. The number of carbonyl (C=O) groups is 1. The first-order chi connectivity index (χ1) is 7.96. The van der Waals surface area contributed by atoms with Crippen LogP contribution in [0.25, 0.3) is 0 Å². The van der Waals surface area contributed by atoms with Crippen molar-refractivity contribution in [2.75, 3.05) is 38.1 Å². The second-order valence-corrected chi connectivity index (χ2v) is 6.69. The molecule has 1 fully saturated rings. The van der Waals surface area contributed by atoms with Crippen molar-refractivity contribution in [2.24, 2.45) is 5.41 Å². The second kappa shape index (κ2) is 6.86. The smallest absolute Gasteiger partial charge is 0.137 e. The standard InChI is InChI=1S/C13H25BrN2O/c1-13(2,3)4-5-15-6-8-16(9-7-15)12(10-14)11-17/h11-12H,4-10H2,1-3H3. The van der Waals surface area contributed by atoms with Crippen LogP contribution in [0.15, 0.2) is 0 Å². The molecule has 1 aliphatic rings. The summed E-state index contributed by atoms with van der Waals surface area (Å²) in [6, 6.07) is 0.0553. The van der Waals surface area contributed by atoms with E-state index in [0.717, 1.165) is 37.8 Å². The first kappa shape index (κ1) is 15.1. The van der Waals surface area contributed by atoms with E-state index >= 15 is 0 Å². The molecular formula is C13H25BrN2O. The predicted molar refractivity (Wildman–Crippen MR) is 75.7 cm³/mol. The van der Waals surface area contributed by atoms with Gasteiger partial charge in [-0.1, -0.05) is 36.7 Å². The van der Waals surface area contributed by atoms with E-state index in [1.165, 1.54) is 13.0 Å². The molecule has 1 atom stereocenters. The molecule has 0 radical (unpaired) electrons. The van der Waals surface area contributed by atoms with Gasteiger partial charge in [0.15, 0.2) is 0 Å². The highest BCUT2D eigenvalue weighted by molar-refractivity contribution is 9.09. The van der Waals surface area contributed by atoms with Crippen LogP contribution in [0.4, 0.5) is 0 Å². The molecule has 0 saturated carbocycles. The minimum atomic E-state index is 0.0553. The predicted octanol–water partition coefficient (Wildman–Crippen LogP) is 2.00. The minimum absolute atomic E-state index is 0.0553. The first-order valence-electron chi connectivity index (χ1n) is 6.44. The van der Waals surface area contributed by atoms with Crippen molar-refractivity contribution in [1.29, 1.82) is 0 Å². The van der Waals surface area contributed by atoms with Crippen LogP contribution in [-0.2, 0) is 4.79 Å². The van der Waals surface area contributed by atoms with Gasteiger partial charge in [0.1, 0.15) is 6.29 Å². The number of hydrogen-bond acceptors (Lipinski definition) is 3. The molecule has 0 aromatic carbocycles. The lowest BCUT2D eigenvalue weighted by atomic mass is 9.92. The van der Waals surface area contributed by atoms with Gasteiger partial charge in [-0.3, -0.25) is 4.90 Å². The van der Waals surface area contributed by atoms with Crippen LogP contribution in [0.5, 0.6) is 0 Å². The number of aldehydes is 1. The topological polar surface area (TPSA) is 23.6 Å². The Balaban J connectivity index is 2.28. The van der Waals surface area contributed by atoms with Gasteiger partial charge in [0.05, 0.1) is 6.04 Å². The average Bonchev–Trinajstić information content (AvgIpc) is 2.29. The Morgan fingerprint density at radius 3 is 2.24 bits per heavy atom. The Morgan fingerprint density at radius 2 is 1.82 bits per heavy atom. The van der Waals surface area contributed by atoms with E-state index in [-0.39, 0.29) is 6.04 Å². The molecule has 1 heterocycles. The van der Waals surface area contributed by atoms with Crippen molar-refractivity contribution in [3.63, 3.8) is 0 Å². The maximum atomic E-state index is 10.9. The van der Waals surface area contributed by atoms with Gasteiger partial charge < -0.3 is 9.69 Å². The number of piperazine rings is 1. The van der Waals surface area contributed by atoms with Gasteiger partial charge in [-0.2, -0.15) is 0 Å². The van der Waals surface area contributed by atoms with Crippen LogP contribution in [0.1, 0.15) is 27.2 Å². The van der Waals surface area contributed by atoms with Gasteiger partial charge in [0, 0.05) is 31.5 Å². The molecule has 0 bridgehead atoms. The van der Waals surface area contributed by atoms with Gasteiger partial charge in [0.2, 0.25) is 0 Å². The lowest BCUT2D eigenvalue weighted by Gasteiger charge is -2.37. The number of alkyl halides is 1.